The molecule has 2 N–H and O–H groups in total. The van der Waals surface area contributed by atoms with Gasteiger partial charge in [0.15, 0.2) is 0 Å². The van der Waals surface area contributed by atoms with Crippen LogP contribution in [0, 0.1) is 0 Å². The molecular formula is C12H18NO3P. The van der Waals surface area contributed by atoms with Crippen molar-refractivity contribution in [2.24, 2.45) is 5.16 Å². The maximum Gasteiger partial charge on any atom is 0.208 e. The number of hydrogen-bond donors (Lipinski definition) is 2. The second-order valence-electron chi connectivity index (χ2n) is 3.94. The number of oxime groups is 1. The molecule has 0 aliphatic rings. The first-order valence-corrected chi connectivity index (χ1v) is 7.55. The third-order valence-corrected chi connectivity index (χ3v) is 5.20. The molecule has 1 rings (SSSR count). The van der Waals surface area contributed by atoms with Crippen molar-refractivity contribution in [1.29, 1.82) is 0 Å². The van der Waals surface area contributed by atoms with Gasteiger partial charge >= 0.3 is 0 Å². The van der Waals surface area contributed by atoms with Crippen molar-refractivity contribution >= 4 is 13.6 Å². The Kier molecular flexibility index (Phi) is 5.39. The Hall–Kier alpha value is -1.12. The fourth-order valence-corrected chi connectivity index (χ4v) is 3.85. The predicted octanol–water partition coefficient (Wildman–Crippen LogP) is 3.26. The molecule has 0 radical (unpaired) electrons. The first-order chi connectivity index (χ1) is 8.11. The Morgan fingerprint density at radius 2 is 2.06 bits per heavy atom. The summed E-state index contributed by atoms with van der Waals surface area (Å²) in [6.45, 7) is 1.88. The average Bonchev–Trinajstić information content (AvgIpc) is 2.30. The lowest BCUT2D eigenvalue weighted by Gasteiger charge is -2.21. The van der Waals surface area contributed by atoms with Crippen LogP contribution in [0.1, 0.15) is 31.0 Å². The fourth-order valence-electron chi connectivity index (χ4n) is 1.83. The van der Waals surface area contributed by atoms with Crippen molar-refractivity contribution in [3.63, 3.8) is 0 Å². The normalized spacial score (nSPS) is 16.8. The van der Waals surface area contributed by atoms with E-state index in [-0.39, 0.29) is 12.6 Å². The third kappa shape index (κ3) is 3.99. The number of benzene rings is 1. The van der Waals surface area contributed by atoms with Crippen LogP contribution in [0.5, 0.6) is 0 Å². The minimum Gasteiger partial charge on any atom is -0.411 e. The van der Waals surface area contributed by atoms with E-state index in [0.717, 1.165) is 5.56 Å². The van der Waals surface area contributed by atoms with Gasteiger partial charge < -0.3 is 10.1 Å². The Balaban J connectivity index is 3.00. The molecule has 0 heterocycles. The Labute approximate surface area is 101 Å². The minimum absolute atomic E-state index is 0.272. The van der Waals surface area contributed by atoms with Crippen molar-refractivity contribution in [3.05, 3.63) is 35.9 Å². The predicted molar refractivity (Wildman–Crippen MR) is 69.1 cm³/mol. The van der Waals surface area contributed by atoms with Gasteiger partial charge in [0.05, 0.1) is 5.66 Å². The van der Waals surface area contributed by atoms with Crippen molar-refractivity contribution in [2.75, 3.05) is 6.16 Å². The second kappa shape index (κ2) is 6.58. The van der Waals surface area contributed by atoms with Gasteiger partial charge in [-0.05, 0) is 12.0 Å². The van der Waals surface area contributed by atoms with E-state index in [9.17, 15) is 9.46 Å². The highest BCUT2D eigenvalue weighted by Gasteiger charge is 2.30. The first-order valence-electron chi connectivity index (χ1n) is 5.64. The van der Waals surface area contributed by atoms with E-state index >= 15 is 0 Å². The summed E-state index contributed by atoms with van der Waals surface area (Å²) in [4.78, 5) is 10.1. The zero-order valence-electron chi connectivity index (χ0n) is 9.86. The summed E-state index contributed by atoms with van der Waals surface area (Å²) in [5.74, 6) is 0. The van der Waals surface area contributed by atoms with E-state index in [2.05, 4.69) is 5.16 Å². The van der Waals surface area contributed by atoms with Crippen LogP contribution >= 0.6 is 7.37 Å². The smallest absolute Gasteiger partial charge is 0.208 e. The SMILES string of the molecule is CCCP(=O)(O)C(CC=NO)c1ccccc1. The third-order valence-electron chi connectivity index (χ3n) is 2.63. The van der Waals surface area contributed by atoms with Crippen LogP contribution < -0.4 is 0 Å². The lowest BCUT2D eigenvalue weighted by atomic mass is 10.1. The van der Waals surface area contributed by atoms with Gasteiger partial charge in [0.25, 0.3) is 0 Å². The molecule has 1 aromatic rings. The summed E-state index contributed by atoms with van der Waals surface area (Å²) in [7, 11) is -3.26. The lowest BCUT2D eigenvalue weighted by Crippen LogP contribution is -2.04. The summed E-state index contributed by atoms with van der Waals surface area (Å²) in [5.41, 5.74) is 0.325. The highest BCUT2D eigenvalue weighted by atomic mass is 31.2. The van der Waals surface area contributed by atoms with Crippen molar-refractivity contribution in [1.82, 2.24) is 0 Å². The molecule has 0 bridgehead atoms. The Morgan fingerprint density at radius 3 is 2.59 bits per heavy atom. The molecule has 17 heavy (non-hydrogen) atoms. The second-order valence-corrected chi connectivity index (χ2v) is 6.52. The topological polar surface area (TPSA) is 69.9 Å². The zero-order chi connectivity index (χ0) is 12.7. The van der Waals surface area contributed by atoms with Crippen LogP contribution in [0.3, 0.4) is 0 Å². The van der Waals surface area contributed by atoms with E-state index in [0.29, 0.717) is 6.42 Å². The molecule has 0 fully saturated rings. The summed E-state index contributed by atoms with van der Waals surface area (Å²) < 4.78 is 12.2. The maximum absolute atomic E-state index is 12.2. The van der Waals surface area contributed by atoms with Crippen molar-refractivity contribution < 1.29 is 14.7 Å². The van der Waals surface area contributed by atoms with E-state index < -0.39 is 13.0 Å². The quantitative estimate of drug-likeness (QED) is 0.355. The molecule has 1 aromatic carbocycles. The largest absolute Gasteiger partial charge is 0.411 e. The molecule has 0 aliphatic carbocycles. The van der Waals surface area contributed by atoms with E-state index in [4.69, 9.17) is 5.21 Å². The molecule has 0 aliphatic heterocycles. The summed E-state index contributed by atoms with van der Waals surface area (Å²) in [6.07, 6.45) is 2.49. The molecule has 0 spiro atoms. The number of hydrogen-bond acceptors (Lipinski definition) is 3. The van der Waals surface area contributed by atoms with Crippen LogP contribution in [-0.4, -0.2) is 22.5 Å². The molecule has 4 nitrogen and oxygen atoms in total. The molecule has 0 amide bonds. The van der Waals surface area contributed by atoms with Crippen LogP contribution in [-0.2, 0) is 4.57 Å². The number of rotatable bonds is 6. The Morgan fingerprint density at radius 1 is 1.41 bits per heavy atom. The van der Waals surface area contributed by atoms with Gasteiger partial charge in [0.1, 0.15) is 0 Å². The number of nitrogens with zero attached hydrogens (tertiary/aromatic N) is 1. The summed E-state index contributed by atoms with van der Waals surface area (Å²) in [5, 5.41) is 11.4. The van der Waals surface area contributed by atoms with Gasteiger partial charge in [-0.3, -0.25) is 4.57 Å². The molecule has 5 heteroatoms. The monoisotopic (exact) mass is 255 g/mol. The van der Waals surface area contributed by atoms with Gasteiger partial charge in [-0.15, -0.1) is 5.16 Å². The van der Waals surface area contributed by atoms with Gasteiger partial charge in [-0.2, -0.15) is 0 Å². The Bertz CT molecular complexity index is 405. The minimum atomic E-state index is -3.26. The molecule has 0 saturated heterocycles. The molecule has 0 aromatic heterocycles. The van der Waals surface area contributed by atoms with Gasteiger partial charge in [-0.25, -0.2) is 0 Å². The molecule has 2 atom stereocenters. The average molecular weight is 255 g/mol. The van der Waals surface area contributed by atoms with Crippen LogP contribution in [0.4, 0.5) is 0 Å². The molecular weight excluding hydrogens is 237 g/mol. The summed E-state index contributed by atoms with van der Waals surface area (Å²) >= 11 is 0. The fraction of sp³-hybridized carbons (Fsp3) is 0.417. The van der Waals surface area contributed by atoms with Crippen LogP contribution in [0.2, 0.25) is 0 Å². The summed E-state index contributed by atoms with van der Waals surface area (Å²) in [6, 6.07) is 9.19. The standard InChI is InChI=1S/C12H18NO3P/c1-2-10-17(15,16)12(8-9-13-14)11-6-4-3-5-7-11/h3-7,9,12,14H,2,8,10H2,1H3,(H,15,16). The van der Waals surface area contributed by atoms with E-state index in [1.54, 1.807) is 0 Å². The van der Waals surface area contributed by atoms with Gasteiger partial charge in [-0.1, -0.05) is 37.3 Å². The highest BCUT2D eigenvalue weighted by Crippen LogP contribution is 2.57. The van der Waals surface area contributed by atoms with Crippen molar-refractivity contribution in [3.8, 4) is 0 Å². The molecule has 94 valence electrons. The van der Waals surface area contributed by atoms with Gasteiger partial charge in [0.2, 0.25) is 7.37 Å². The first kappa shape index (κ1) is 13.9. The van der Waals surface area contributed by atoms with Crippen LogP contribution in [0.25, 0.3) is 0 Å². The van der Waals surface area contributed by atoms with E-state index in [1.807, 2.05) is 37.3 Å². The molecule has 0 saturated carbocycles. The van der Waals surface area contributed by atoms with E-state index in [1.165, 1.54) is 6.21 Å². The van der Waals surface area contributed by atoms with Crippen molar-refractivity contribution in [2.45, 2.75) is 25.4 Å². The maximum atomic E-state index is 12.2. The zero-order valence-corrected chi connectivity index (χ0v) is 10.8. The molecule has 2 unspecified atom stereocenters. The van der Waals surface area contributed by atoms with Gasteiger partial charge in [0, 0.05) is 18.8 Å². The highest BCUT2D eigenvalue weighted by molar-refractivity contribution is 7.58. The van der Waals surface area contributed by atoms with Crippen LogP contribution in [0.15, 0.2) is 35.5 Å². The lowest BCUT2D eigenvalue weighted by molar-refractivity contribution is 0.320.